The quantitative estimate of drug-likeness (QED) is 0.591. The first kappa shape index (κ1) is 20.5. The molecule has 0 amide bonds. The van der Waals surface area contributed by atoms with E-state index in [4.69, 9.17) is 16.8 Å². The Morgan fingerprint density at radius 1 is 0.760 bits per heavy atom. The molecule has 0 saturated carbocycles. The molecule has 0 fully saturated rings. The number of hydrogen-bond donors (Lipinski definition) is 0. The van der Waals surface area contributed by atoms with Crippen LogP contribution in [0.4, 0.5) is 0 Å². The van der Waals surface area contributed by atoms with Crippen molar-refractivity contribution in [3.05, 3.63) is 60.7 Å². The molecule has 0 aliphatic carbocycles. The van der Waals surface area contributed by atoms with E-state index in [0.717, 1.165) is 5.19 Å². The Hall–Kier alpha value is -0.852. The molecule has 8 heteroatoms. The summed E-state index contributed by atoms with van der Waals surface area (Å²) in [6.07, 6.45) is 0. The van der Waals surface area contributed by atoms with Crippen molar-refractivity contribution < 1.29 is 16.8 Å². The second-order valence-corrected chi connectivity index (χ2v) is 16.2. The van der Waals surface area contributed by atoms with E-state index in [1.54, 1.807) is 7.11 Å². The molecule has 25 heavy (non-hydrogen) atoms. The first-order chi connectivity index (χ1) is 11.9. The summed E-state index contributed by atoms with van der Waals surface area (Å²) in [5.74, 6) is 0. The van der Waals surface area contributed by atoms with E-state index >= 15 is 0 Å². The molecule has 0 aliphatic rings. The highest BCUT2D eigenvalue weighted by Crippen LogP contribution is 2.13. The molecule has 4 unspecified atom stereocenters. The molecule has 0 aromatic heterocycles. The third kappa shape index (κ3) is 6.11. The summed E-state index contributed by atoms with van der Waals surface area (Å²) in [6, 6.07) is 20.8. The monoisotopic (exact) mass is 408 g/mol. The van der Waals surface area contributed by atoms with Crippen LogP contribution in [-0.2, 0) is 16.8 Å². The summed E-state index contributed by atoms with van der Waals surface area (Å²) in [5, 5.41) is 2.44. The molecule has 4 atom stereocenters. The molecule has 2 aromatic carbocycles. The minimum Gasteiger partial charge on any atom is -0.432 e. The Morgan fingerprint density at radius 3 is 1.88 bits per heavy atom. The van der Waals surface area contributed by atoms with Crippen molar-refractivity contribution in [2.45, 2.75) is 26.2 Å². The molecule has 0 bridgehead atoms. The van der Waals surface area contributed by atoms with Gasteiger partial charge in [0.1, 0.15) is 0 Å². The summed E-state index contributed by atoms with van der Waals surface area (Å²) in [5.41, 5.74) is 0. The van der Waals surface area contributed by atoms with Crippen molar-refractivity contribution in [1.29, 1.82) is 0 Å². The van der Waals surface area contributed by atoms with Gasteiger partial charge in [-0.3, -0.25) is 0 Å². The third-order valence-corrected chi connectivity index (χ3v) is 16.9. The molecule has 0 radical (unpaired) electrons. The Bertz CT molecular complexity index is 631. The molecule has 0 heterocycles. The lowest BCUT2D eigenvalue weighted by Gasteiger charge is -2.34. The molecule has 4 nitrogen and oxygen atoms in total. The summed E-state index contributed by atoms with van der Waals surface area (Å²) in [6.45, 7) is 8.44. The number of hydrogen-bond acceptors (Lipinski definition) is 4. The van der Waals surface area contributed by atoms with Crippen molar-refractivity contribution in [3.8, 4) is 0 Å². The van der Waals surface area contributed by atoms with E-state index in [9.17, 15) is 0 Å². The number of benzene rings is 2. The van der Waals surface area contributed by atoms with Gasteiger partial charge in [0.05, 0.1) is 0 Å². The average molecular weight is 409 g/mol. The normalized spacial score (nSPS) is 17.5. The second kappa shape index (κ2) is 9.74. The van der Waals surface area contributed by atoms with E-state index < -0.39 is 36.2 Å². The van der Waals surface area contributed by atoms with Crippen LogP contribution < -0.4 is 10.4 Å². The molecule has 0 N–H and O–H groups in total. The molecule has 136 valence electrons. The van der Waals surface area contributed by atoms with Crippen LogP contribution in [-0.4, -0.2) is 43.3 Å². The first-order valence-corrected chi connectivity index (χ1v) is 17.3. The zero-order chi connectivity index (χ0) is 18.3. The summed E-state index contributed by atoms with van der Waals surface area (Å²) in [7, 11) is -5.85. The topological polar surface area (TPSA) is 36.9 Å². The van der Waals surface area contributed by atoms with Crippen molar-refractivity contribution in [3.63, 3.8) is 0 Å². The van der Waals surface area contributed by atoms with Gasteiger partial charge in [-0.2, -0.15) is 0 Å². The lowest BCUT2D eigenvalue weighted by molar-refractivity contribution is 0.305. The molecule has 0 saturated heterocycles. The van der Waals surface area contributed by atoms with Crippen LogP contribution in [0.15, 0.2) is 60.7 Å². The van der Waals surface area contributed by atoms with E-state index in [0.29, 0.717) is 0 Å². The van der Waals surface area contributed by atoms with Crippen LogP contribution in [0.2, 0.25) is 26.2 Å². The lowest BCUT2D eigenvalue weighted by atomic mass is 10.4. The van der Waals surface area contributed by atoms with Crippen molar-refractivity contribution >= 4 is 46.5 Å². The van der Waals surface area contributed by atoms with Gasteiger partial charge in [-0.25, -0.2) is 0 Å². The lowest BCUT2D eigenvalue weighted by Crippen LogP contribution is -2.58. The number of rotatable bonds is 9. The van der Waals surface area contributed by atoms with Gasteiger partial charge in [0, 0.05) is 7.11 Å². The molecule has 2 aromatic rings. The van der Waals surface area contributed by atoms with E-state index in [1.165, 1.54) is 5.19 Å². The largest absolute Gasteiger partial charge is 0.432 e. The first-order valence-electron chi connectivity index (χ1n) is 8.59. The highest BCUT2D eigenvalue weighted by molar-refractivity contribution is 6.90. The minimum atomic E-state index is -2.55. The smallest absolute Gasteiger partial charge is 0.350 e. The predicted octanol–water partition coefficient (Wildman–Crippen LogP) is 1.62. The summed E-state index contributed by atoms with van der Waals surface area (Å²) in [4.78, 5) is 0. The Kier molecular flexibility index (Phi) is 7.97. The van der Waals surface area contributed by atoms with E-state index in [2.05, 4.69) is 56.0 Å². The molecule has 2 rings (SSSR count). The minimum absolute atomic E-state index is 1.15. The SMILES string of the molecule is CO[SiH](C)O[SiH](C)O[Si](C)(O[SiH](C)c1ccccc1)c1ccccc1. The van der Waals surface area contributed by atoms with Crippen LogP contribution in [0.25, 0.3) is 0 Å². The molecular formula is C17H28O4Si4. The van der Waals surface area contributed by atoms with Gasteiger partial charge < -0.3 is 16.8 Å². The zero-order valence-corrected chi connectivity index (χ0v) is 20.1. The molecule has 0 spiro atoms. The molecule has 0 aliphatic heterocycles. The fourth-order valence-electron chi connectivity index (χ4n) is 2.70. The Balaban J connectivity index is 2.20. The van der Waals surface area contributed by atoms with Crippen molar-refractivity contribution in [2.75, 3.05) is 7.11 Å². The van der Waals surface area contributed by atoms with Crippen LogP contribution in [0.1, 0.15) is 0 Å². The van der Waals surface area contributed by atoms with Gasteiger partial charge in [0.2, 0.25) is 0 Å². The van der Waals surface area contributed by atoms with Gasteiger partial charge in [-0.15, -0.1) is 0 Å². The van der Waals surface area contributed by atoms with E-state index in [1.807, 2.05) is 30.8 Å². The second-order valence-electron chi connectivity index (χ2n) is 6.11. The maximum Gasteiger partial charge on any atom is 0.350 e. The van der Waals surface area contributed by atoms with Crippen LogP contribution in [0.3, 0.4) is 0 Å². The Morgan fingerprint density at radius 2 is 1.32 bits per heavy atom. The third-order valence-electron chi connectivity index (χ3n) is 4.07. The standard InChI is InChI=1S/C17H28O4Si4/c1-18-23(3)19-24(4)21-25(5,17-14-10-7-11-15-17)20-22(2)16-12-8-6-9-13-16/h6-15,22-24H,1-5H3. The summed E-state index contributed by atoms with van der Waals surface area (Å²) < 4.78 is 24.5. The fourth-order valence-corrected chi connectivity index (χ4v) is 15.2. The van der Waals surface area contributed by atoms with Crippen LogP contribution in [0, 0.1) is 0 Å². The summed E-state index contributed by atoms with van der Waals surface area (Å²) >= 11 is 0. The van der Waals surface area contributed by atoms with Gasteiger partial charge in [-0.1, -0.05) is 60.7 Å². The maximum atomic E-state index is 6.68. The van der Waals surface area contributed by atoms with Gasteiger partial charge in [0.25, 0.3) is 0 Å². The van der Waals surface area contributed by atoms with Crippen LogP contribution in [0.5, 0.6) is 0 Å². The Labute approximate surface area is 157 Å². The maximum absolute atomic E-state index is 6.68. The van der Waals surface area contributed by atoms with Gasteiger partial charge >= 0.3 is 27.1 Å². The average Bonchev–Trinajstić information content (AvgIpc) is 2.62. The van der Waals surface area contributed by atoms with Gasteiger partial charge in [-0.05, 0) is 36.6 Å². The highest BCUT2D eigenvalue weighted by atomic mass is 28.5. The fraction of sp³-hybridized carbons (Fsp3) is 0.294. The van der Waals surface area contributed by atoms with Crippen molar-refractivity contribution in [1.82, 2.24) is 0 Å². The molecular weight excluding hydrogens is 381 g/mol. The van der Waals surface area contributed by atoms with E-state index in [-0.39, 0.29) is 0 Å². The predicted molar refractivity (Wildman–Crippen MR) is 113 cm³/mol. The van der Waals surface area contributed by atoms with Gasteiger partial charge in [0.15, 0.2) is 9.04 Å². The van der Waals surface area contributed by atoms with Crippen molar-refractivity contribution in [2.24, 2.45) is 0 Å². The van der Waals surface area contributed by atoms with Crippen LogP contribution >= 0.6 is 0 Å². The zero-order valence-electron chi connectivity index (χ0n) is 15.6. The highest BCUT2D eigenvalue weighted by Gasteiger charge is 2.38.